The molecular weight excluding hydrogens is 410 g/mol. The average molecular weight is 446 g/mol. The molecule has 0 aliphatic carbocycles. The summed E-state index contributed by atoms with van der Waals surface area (Å²) in [6, 6.07) is 19.2. The van der Waals surface area contributed by atoms with Gasteiger partial charge >= 0.3 is 5.97 Å². The van der Waals surface area contributed by atoms with Gasteiger partial charge in [0.2, 0.25) is 0 Å². The molecule has 0 amide bonds. The number of benzene rings is 2. The third-order valence-corrected chi connectivity index (χ3v) is 5.62. The lowest BCUT2D eigenvalue weighted by Crippen LogP contribution is -2.08. The molecular formula is C29H35NO3. The maximum absolute atomic E-state index is 12.5. The van der Waals surface area contributed by atoms with Gasteiger partial charge in [-0.15, -0.1) is 0 Å². The van der Waals surface area contributed by atoms with Crippen LogP contribution in [0.25, 0.3) is 11.3 Å². The Balaban J connectivity index is 1.51. The fraction of sp³-hybridized carbons (Fsp3) is 0.379. The van der Waals surface area contributed by atoms with Crippen LogP contribution in [0.15, 0.2) is 66.9 Å². The highest BCUT2D eigenvalue weighted by molar-refractivity contribution is 5.91. The van der Waals surface area contributed by atoms with E-state index in [-0.39, 0.29) is 5.97 Å². The van der Waals surface area contributed by atoms with Crippen LogP contribution in [-0.2, 0) is 6.42 Å². The second kappa shape index (κ2) is 13.4. The minimum atomic E-state index is -0.370. The lowest BCUT2D eigenvalue weighted by atomic mass is 10.1. The van der Waals surface area contributed by atoms with E-state index >= 15 is 0 Å². The van der Waals surface area contributed by atoms with Crippen LogP contribution in [0.1, 0.15) is 74.7 Å². The van der Waals surface area contributed by atoms with Crippen LogP contribution in [0.3, 0.4) is 0 Å². The van der Waals surface area contributed by atoms with Crippen molar-refractivity contribution in [2.75, 3.05) is 6.61 Å². The summed E-state index contributed by atoms with van der Waals surface area (Å²) in [6.45, 7) is 5.15. The lowest BCUT2D eigenvalue weighted by Gasteiger charge is -2.08. The molecule has 0 unspecified atom stereocenters. The van der Waals surface area contributed by atoms with Crippen LogP contribution in [0.5, 0.6) is 11.5 Å². The zero-order valence-corrected chi connectivity index (χ0v) is 19.9. The lowest BCUT2D eigenvalue weighted by molar-refractivity contribution is 0.0734. The Bertz CT molecular complexity index is 963. The number of carbonyl (C=O) groups excluding carboxylic acids is 1. The Morgan fingerprint density at radius 2 is 1.45 bits per heavy atom. The first-order valence-corrected chi connectivity index (χ1v) is 12.2. The number of aromatic nitrogens is 1. The Labute approximate surface area is 198 Å². The largest absolute Gasteiger partial charge is 0.494 e. The summed E-state index contributed by atoms with van der Waals surface area (Å²) in [6.07, 6.45) is 11.0. The number of esters is 1. The smallest absolute Gasteiger partial charge is 0.343 e. The molecule has 2 aromatic carbocycles. The number of hydrogen-bond donors (Lipinski definition) is 0. The molecule has 0 atom stereocenters. The first-order valence-electron chi connectivity index (χ1n) is 12.2. The summed E-state index contributed by atoms with van der Waals surface area (Å²) in [5.74, 6) is 0.935. The van der Waals surface area contributed by atoms with Gasteiger partial charge in [0, 0.05) is 5.56 Å². The fourth-order valence-electron chi connectivity index (χ4n) is 3.60. The highest BCUT2D eigenvalue weighted by atomic mass is 16.5. The van der Waals surface area contributed by atoms with Crippen molar-refractivity contribution < 1.29 is 14.3 Å². The van der Waals surface area contributed by atoms with Crippen LogP contribution >= 0.6 is 0 Å². The normalized spacial score (nSPS) is 10.7. The van der Waals surface area contributed by atoms with Crippen molar-refractivity contribution in [2.24, 2.45) is 0 Å². The fourth-order valence-corrected chi connectivity index (χ4v) is 3.60. The molecule has 4 nitrogen and oxygen atoms in total. The van der Waals surface area contributed by atoms with E-state index in [4.69, 9.17) is 9.47 Å². The van der Waals surface area contributed by atoms with E-state index in [0.29, 0.717) is 11.3 Å². The molecule has 3 rings (SSSR count). The summed E-state index contributed by atoms with van der Waals surface area (Å²) in [5.41, 5.74) is 3.60. The van der Waals surface area contributed by atoms with Gasteiger partial charge in [-0.2, -0.15) is 0 Å². The van der Waals surface area contributed by atoms with Gasteiger partial charge in [-0.25, -0.2) is 4.79 Å². The molecule has 1 heterocycles. The van der Waals surface area contributed by atoms with Crippen molar-refractivity contribution in [1.82, 2.24) is 4.98 Å². The van der Waals surface area contributed by atoms with Gasteiger partial charge in [0.15, 0.2) is 0 Å². The Morgan fingerprint density at radius 1 is 0.758 bits per heavy atom. The Kier molecular flexibility index (Phi) is 9.96. The predicted octanol–water partition coefficient (Wildman–Crippen LogP) is 7.66. The number of rotatable bonds is 13. The van der Waals surface area contributed by atoms with E-state index in [1.165, 1.54) is 44.1 Å². The average Bonchev–Trinajstić information content (AvgIpc) is 2.85. The van der Waals surface area contributed by atoms with Gasteiger partial charge in [0.05, 0.1) is 24.1 Å². The van der Waals surface area contributed by atoms with Gasteiger partial charge < -0.3 is 9.47 Å². The number of ether oxygens (including phenoxy) is 2. The summed E-state index contributed by atoms with van der Waals surface area (Å²) in [5, 5.41) is 0. The second-order valence-corrected chi connectivity index (χ2v) is 8.36. The van der Waals surface area contributed by atoms with E-state index in [0.717, 1.165) is 36.5 Å². The number of carbonyl (C=O) groups is 1. The topological polar surface area (TPSA) is 48.4 Å². The molecule has 0 radical (unpaired) electrons. The standard InChI is InChI=1S/C29H35NO3/c1-3-5-7-9-21-32-26-17-15-24(16-18-26)28-20-19-27(22-30-28)33-29(31)25-13-11-23(12-14-25)10-8-6-4-2/h11-20,22H,3-10,21H2,1-2H3. The van der Waals surface area contributed by atoms with Gasteiger partial charge in [0.25, 0.3) is 0 Å². The Hall–Kier alpha value is -3.14. The monoisotopic (exact) mass is 445 g/mol. The molecule has 33 heavy (non-hydrogen) atoms. The summed E-state index contributed by atoms with van der Waals surface area (Å²) < 4.78 is 11.3. The molecule has 0 saturated heterocycles. The molecule has 0 fully saturated rings. The highest BCUT2D eigenvalue weighted by Crippen LogP contribution is 2.23. The first-order chi connectivity index (χ1) is 16.2. The zero-order valence-electron chi connectivity index (χ0n) is 19.9. The molecule has 0 N–H and O–H groups in total. The van der Waals surface area contributed by atoms with E-state index in [9.17, 15) is 4.79 Å². The van der Waals surface area contributed by atoms with Gasteiger partial charge in [0.1, 0.15) is 11.5 Å². The third kappa shape index (κ3) is 8.05. The maximum atomic E-state index is 12.5. The van der Waals surface area contributed by atoms with Crippen molar-refractivity contribution in [3.8, 4) is 22.8 Å². The van der Waals surface area contributed by atoms with Crippen molar-refractivity contribution in [3.63, 3.8) is 0 Å². The van der Waals surface area contributed by atoms with Gasteiger partial charge in [-0.05, 0) is 73.4 Å². The number of unbranched alkanes of at least 4 members (excludes halogenated alkanes) is 5. The molecule has 0 aliphatic rings. The van der Waals surface area contributed by atoms with E-state index in [1.807, 2.05) is 54.6 Å². The van der Waals surface area contributed by atoms with Crippen LogP contribution in [-0.4, -0.2) is 17.6 Å². The molecule has 1 aromatic heterocycles. The molecule has 174 valence electrons. The molecule has 0 bridgehead atoms. The molecule has 3 aromatic rings. The summed E-state index contributed by atoms with van der Waals surface area (Å²) in [4.78, 5) is 16.9. The molecule has 0 aliphatic heterocycles. The van der Waals surface area contributed by atoms with Crippen LogP contribution in [0, 0.1) is 0 Å². The molecule has 4 heteroatoms. The number of hydrogen-bond acceptors (Lipinski definition) is 4. The van der Waals surface area contributed by atoms with Gasteiger partial charge in [-0.3, -0.25) is 4.98 Å². The van der Waals surface area contributed by atoms with E-state index < -0.39 is 0 Å². The zero-order chi connectivity index (χ0) is 23.3. The quantitative estimate of drug-likeness (QED) is 0.200. The minimum absolute atomic E-state index is 0.370. The minimum Gasteiger partial charge on any atom is -0.494 e. The number of nitrogens with zero attached hydrogens (tertiary/aromatic N) is 1. The predicted molar refractivity (Wildman–Crippen MR) is 134 cm³/mol. The third-order valence-electron chi connectivity index (χ3n) is 5.62. The van der Waals surface area contributed by atoms with Crippen molar-refractivity contribution in [2.45, 2.75) is 65.2 Å². The Morgan fingerprint density at radius 3 is 2.12 bits per heavy atom. The SMILES string of the molecule is CCCCCCOc1ccc(-c2ccc(OC(=O)c3ccc(CCCCC)cc3)cn2)cc1. The van der Waals surface area contributed by atoms with Crippen molar-refractivity contribution >= 4 is 5.97 Å². The van der Waals surface area contributed by atoms with Crippen LogP contribution < -0.4 is 9.47 Å². The van der Waals surface area contributed by atoms with Crippen LogP contribution in [0.2, 0.25) is 0 Å². The van der Waals surface area contributed by atoms with Gasteiger partial charge in [-0.1, -0.05) is 58.1 Å². The van der Waals surface area contributed by atoms with Crippen molar-refractivity contribution in [3.05, 3.63) is 78.0 Å². The number of aryl methyl sites for hydroxylation is 1. The number of pyridine rings is 1. The highest BCUT2D eigenvalue weighted by Gasteiger charge is 2.09. The summed E-state index contributed by atoms with van der Waals surface area (Å²) in [7, 11) is 0. The van der Waals surface area contributed by atoms with Crippen LogP contribution in [0.4, 0.5) is 0 Å². The molecule has 0 saturated carbocycles. The molecule has 0 spiro atoms. The second-order valence-electron chi connectivity index (χ2n) is 8.36. The maximum Gasteiger partial charge on any atom is 0.343 e. The first kappa shape index (κ1) is 24.5. The van der Waals surface area contributed by atoms with Crippen molar-refractivity contribution in [1.29, 1.82) is 0 Å². The van der Waals surface area contributed by atoms with E-state index in [1.54, 1.807) is 12.3 Å². The van der Waals surface area contributed by atoms with E-state index in [2.05, 4.69) is 18.8 Å². The summed E-state index contributed by atoms with van der Waals surface area (Å²) >= 11 is 0.